The first kappa shape index (κ1) is 27.7. The second-order valence-electron chi connectivity index (χ2n) is 13.0. The van der Waals surface area contributed by atoms with Crippen molar-refractivity contribution >= 4 is 11.4 Å². The van der Waals surface area contributed by atoms with Crippen molar-refractivity contribution in [2.24, 2.45) is 22.2 Å². The van der Waals surface area contributed by atoms with Crippen LogP contribution in [0.25, 0.3) is 5.57 Å². The molecule has 2 fully saturated rings. The average Bonchev–Trinajstić information content (AvgIpc) is 2.89. The summed E-state index contributed by atoms with van der Waals surface area (Å²) in [6.45, 7) is 16.0. The molecule has 206 valence electrons. The summed E-state index contributed by atoms with van der Waals surface area (Å²) in [4.78, 5) is 5.36. The van der Waals surface area contributed by atoms with Gasteiger partial charge >= 0.3 is 0 Å². The molecule has 2 aromatic rings. The van der Waals surface area contributed by atoms with Crippen LogP contribution >= 0.6 is 0 Å². The maximum Gasteiger partial charge on any atom is 0.133 e. The topological polar surface area (TPSA) is 24.4 Å². The fraction of sp³-hybridized carbons (Fsp3) is 0.486. The number of benzene rings is 2. The molecule has 3 unspecified atom stereocenters. The molecule has 3 aliphatic rings. The van der Waals surface area contributed by atoms with Gasteiger partial charge in [-0.25, -0.2) is 4.99 Å². The summed E-state index contributed by atoms with van der Waals surface area (Å²) in [6, 6.07) is 17.6. The quantitative estimate of drug-likeness (QED) is 0.258. The molecule has 2 nitrogen and oxygen atoms in total. The maximum absolute atomic E-state index is 5.36. The van der Waals surface area contributed by atoms with Crippen molar-refractivity contribution in [3.63, 3.8) is 0 Å². The van der Waals surface area contributed by atoms with Crippen LogP contribution in [0.15, 0.2) is 83.6 Å². The Morgan fingerprint density at radius 2 is 1.87 bits per heavy atom. The van der Waals surface area contributed by atoms with E-state index >= 15 is 0 Å². The smallest absolute Gasteiger partial charge is 0.133 e. The molecule has 0 spiro atoms. The van der Waals surface area contributed by atoms with E-state index in [1.807, 2.05) is 0 Å². The number of hydrogen-bond acceptors (Lipinski definition) is 1. The number of hydrogen-bond donors (Lipinski definition) is 1. The molecule has 0 radical (unpaired) electrons. The van der Waals surface area contributed by atoms with Crippen molar-refractivity contribution in [1.82, 2.24) is 5.32 Å². The van der Waals surface area contributed by atoms with E-state index in [1.54, 1.807) is 0 Å². The Bertz CT molecular complexity index is 1260. The van der Waals surface area contributed by atoms with Crippen LogP contribution in [0.5, 0.6) is 0 Å². The van der Waals surface area contributed by atoms with Gasteiger partial charge < -0.3 is 5.32 Å². The van der Waals surface area contributed by atoms with Crippen LogP contribution < -0.4 is 5.32 Å². The SMILES string of the molecule is C=C(CCCc1ccccc1)NC(=NC1=C(C)c2ccc(C)cc2CC1)C(=C)CC12CCCC(CC(C)C1)C2. The number of aryl methyl sites for hydroxylation is 3. The molecule has 2 bridgehead atoms. The van der Waals surface area contributed by atoms with Gasteiger partial charge in [-0.05, 0) is 123 Å². The van der Waals surface area contributed by atoms with E-state index in [4.69, 9.17) is 4.99 Å². The Labute approximate surface area is 237 Å². The van der Waals surface area contributed by atoms with Gasteiger partial charge in [-0.2, -0.15) is 0 Å². The van der Waals surface area contributed by atoms with E-state index in [-0.39, 0.29) is 0 Å². The van der Waals surface area contributed by atoms with Gasteiger partial charge in [0.15, 0.2) is 0 Å². The molecule has 39 heavy (non-hydrogen) atoms. The lowest BCUT2D eigenvalue weighted by Gasteiger charge is -2.48. The summed E-state index contributed by atoms with van der Waals surface area (Å²) in [5, 5.41) is 3.70. The Morgan fingerprint density at radius 3 is 2.69 bits per heavy atom. The van der Waals surface area contributed by atoms with Crippen LogP contribution in [0, 0.1) is 24.2 Å². The number of allylic oxidation sites excluding steroid dienone is 3. The minimum Gasteiger partial charge on any atom is -0.344 e. The molecular weight excluding hydrogens is 472 g/mol. The van der Waals surface area contributed by atoms with E-state index in [9.17, 15) is 0 Å². The predicted octanol–water partition coefficient (Wildman–Crippen LogP) is 9.75. The highest BCUT2D eigenvalue weighted by Gasteiger charge is 2.42. The number of nitrogens with one attached hydrogen (secondary N) is 1. The minimum absolute atomic E-state index is 0.398. The molecule has 0 aliphatic heterocycles. The van der Waals surface area contributed by atoms with Gasteiger partial charge in [0.2, 0.25) is 0 Å². The first-order chi connectivity index (χ1) is 18.8. The highest BCUT2D eigenvalue weighted by molar-refractivity contribution is 6.00. The molecule has 1 N–H and O–H groups in total. The van der Waals surface area contributed by atoms with Crippen LogP contribution in [-0.2, 0) is 12.8 Å². The Morgan fingerprint density at radius 1 is 1.05 bits per heavy atom. The van der Waals surface area contributed by atoms with Crippen molar-refractivity contribution in [2.75, 3.05) is 0 Å². The summed E-state index contributed by atoms with van der Waals surface area (Å²) in [5.74, 6) is 2.68. The predicted molar refractivity (Wildman–Crippen MR) is 168 cm³/mol. The molecule has 0 amide bonds. The number of amidine groups is 1. The lowest BCUT2D eigenvalue weighted by molar-refractivity contribution is 0.0468. The molecule has 2 saturated carbocycles. The lowest BCUT2D eigenvalue weighted by Crippen LogP contribution is -2.38. The van der Waals surface area contributed by atoms with E-state index < -0.39 is 0 Å². The number of rotatable bonds is 9. The van der Waals surface area contributed by atoms with Gasteiger partial charge in [0.05, 0.1) is 0 Å². The van der Waals surface area contributed by atoms with E-state index in [0.29, 0.717) is 5.41 Å². The molecule has 0 aromatic heterocycles. The largest absolute Gasteiger partial charge is 0.344 e. The number of aliphatic imine (C=N–C) groups is 1. The van der Waals surface area contributed by atoms with E-state index in [1.165, 1.54) is 77.6 Å². The molecule has 2 heteroatoms. The van der Waals surface area contributed by atoms with Gasteiger partial charge in [-0.1, -0.05) is 87.0 Å². The van der Waals surface area contributed by atoms with E-state index in [2.05, 4.69) is 87.8 Å². The molecule has 2 aromatic carbocycles. The van der Waals surface area contributed by atoms with Crippen molar-refractivity contribution in [2.45, 2.75) is 97.8 Å². The monoisotopic (exact) mass is 520 g/mol. The first-order valence-corrected chi connectivity index (χ1v) is 15.4. The Hall–Kier alpha value is -2.87. The summed E-state index contributed by atoms with van der Waals surface area (Å²) < 4.78 is 0. The zero-order valence-electron chi connectivity index (χ0n) is 24.6. The highest BCUT2D eigenvalue weighted by atomic mass is 15.0. The van der Waals surface area contributed by atoms with Crippen molar-refractivity contribution in [3.8, 4) is 0 Å². The third kappa shape index (κ3) is 6.83. The van der Waals surface area contributed by atoms with Crippen LogP contribution in [-0.4, -0.2) is 5.84 Å². The first-order valence-electron chi connectivity index (χ1n) is 15.4. The Kier molecular flexibility index (Phi) is 8.60. The molecule has 5 rings (SSSR count). The van der Waals surface area contributed by atoms with Crippen LogP contribution in [0.1, 0.15) is 100 Å². The number of nitrogens with zero attached hydrogens (tertiary/aromatic N) is 1. The average molecular weight is 521 g/mol. The molecule has 3 atom stereocenters. The van der Waals surface area contributed by atoms with E-state index in [0.717, 1.165) is 61.9 Å². The van der Waals surface area contributed by atoms with Gasteiger partial charge in [0.1, 0.15) is 5.84 Å². The van der Waals surface area contributed by atoms with Crippen molar-refractivity contribution in [1.29, 1.82) is 0 Å². The minimum atomic E-state index is 0.398. The molecule has 0 saturated heterocycles. The lowest BCUT2D eigenvalue weighted by atomic mass is 9.57. The van der Waals surface area contributed by atoms with Crippen molar-refractivity contribution in [3.05, 3.63) is 101 Å². The molecular formula is C37H48N2. The second-order valence-corrected chi connectivity index (χ2v) is 13.0. The summed E-state index contributed by atoms with van der Waals surface area (Å²) >= 11 is 0. The molecule has 0 heterocycles. The summed E-state index contributed by atoms with van der Waals surface area (Å²) in [7, 11) is 0. The number of fused-ring (bicyclic) bond motifs is 3. The fourth-order valence-corrected chi connectivity index (χ4v) is 7.87. The third-order valence-corrected chi connectivity index (χ3v) is 9.54. The van der Waals surface area contributed by atoms with Gasteiger partial charge in [0.25, 0.3) is 0 Å². The zero-order chi connectivity index (χ0) is 27.4. The summed E-state index contributed by atoms with van der Waals surface area (Å²) in [6.07, 6.45) is 14.4. The van der Waals surface area contributed by atoms with Crippen LogP contribution in [0.3, 0.4) is 0 Å². The highest BCUT2D eigenvalue weighted by Crippen LogP contribution is 2.54. The van der Waals surface area contributed by atoms with Gasteiger partial charge in [-0.15, -0.1) is 0 Å². The van der Waals surface area contributed by atoms with Crippen LogP contribution in [0.4, 0.5) is 0 Å². The maximum atomic E-state index is 5.36. The second kappa shape index (κ2) is 12.1. The van der Waals surface area contributed by atoms with Crippen molar-refractivity contribution < 1.29 is 0 Å². The van der Waals surface area contributed by atoms with Crippen LogP contribution in [0.2, 0.25) is 0 Å². The molecule has 3 aliphatic carbocycles. The van der Waals surface area contributed by atoms with Gasteiger partial charge in [0, 0.05) is 11.4 Å². The normalized spacial score (nSPS) is 24.7. The standard InChI is InChI=1S/C37H48N2/c1-26-16-18-34-30(5)35(19-17-33(34)22-26)39-36(38-29(4)11-9-14-31-12-7-6-8-13-31)28(3)24-37-20-10-15-32(25-37)21-27(2)23-37/h6-8,12-13,16,18,22,27,32H,3-4,9-11,14-15,17,19-21,23-25H2,1-2,5H3,(H,38,39). The summed E-state index contributed by atoms with van der Waals surface area (Å²) in [5.41, 5.74) is 10.6. The fourth-order valence-electron chi connectivity index (χ4n) is 7.87. The van der Waals surface area contributed by atoms with Gasteiger partial charge in [-0.3, -0.25) is 0 Å². The third-order valence-electron chi connectivity index (χ3n) is 9.54. The Balaban J connectivity index is 1.36. The zero-order valence-corrected chi connectivity index (χ0v) is 24.6.